The lowest BCUT2D eigenvalue weighted by Crippen LogP contribution is -1.74. The molecule has 0 aliphatic heterocycles. The molecule has 66 valence electrons. The van der Waals surface area contributed by atoms with E-state index in [0.717, 1.165) is 16.5 Å². The molecule has 13 heavy (non-hydrogen) atoms. The van der Waals surface area contributed by atoms with Crippen molar-refractivity contribution in [2.75, 3.05) is 0 Å². The molecule has 0 saturated heterocycles. The molecule has 2 nitrogen and oxygen atoms in total. The van der Waals surface area contributed by atoms with Crippen LogP contribution in [0.25, 0.3) is 11.0 Å². The monoisotopic (exact) mass is 174 g/mol. The van der Waals surface area contributed by atoms with E-state index in [1.807, 2.05) is 24.3 Å². The number of para-hydroxylation sites is 1. The van der Waals surface area contributed by atoms with Gasteiger partial charge in [0.2, 0.25) is 0 Å². The summed E-state index contributed by atoms with van der Waals surface area (Å²) in [7, 11) is 0. The lowest BCUT2D eigenvalue weighted by atomic mass is 10.1. The molecule has 0 spiro atoms. The van der Waals surface area contributed by atoms with Gasteiger partial charge in [0.15, 0.2) is 0 Å². The average molecular weight is 174 g/mol. The topological polar surface area (TPSA) is 33.4 Å². The van der Waals surface area contributed by atoms with Crippen LogP contribution in [-0.4, -0.2) is 5.11 Å². The van der Waals surface area contributed by atoms with Crippen molar-refractivity contribution in [2.24, 2.45) is 0 Å². The van der Waals surface area contributed by atoms with Crippen LogP contribution in [0.1, 0.15) is 24.3 Å². The van der Waals surface area contributed by atoms with Crippen molar-refractivity contribution in [3.05, 3.63) is 29.8 Å². The van der Waals surface area contributed by atoms with Crippen LogP contribution in [0, 0.1) is 0 Å². The molecular formula is C11H10O2. The van der Waals surface area contributed by atoms with E-state index >= 15 is 0 Å². The minimum absolute atomic E-state index is 0.115. The zero-order valence-corrected chi connectivity index (χ0v) is 7.16. The van der Waals surface area contributed by atoms with Gasteiger partial charge in [-0.2, -0.15) is 0 Å². The lowest BCUT2D eigenvalue weighted by Gasteiger charge is -1.91. The van der Waals surface area contributed by atoms with Crippen LogP contribution in [0.5, 0.6) is 5.95 Å². The highest BCUT2D eigenvalue weighted by Crippen LogP contribution is 2.48. The summed E-state index contributed by atoms with van der Waals surface area (Å²) < 4.78 is 5.26. The van der Waals surface area contributed by atoms with Gasteiger partial charge in [-0.05, 0) is 24.8 Å². The summed E-state index contributed by atoms with van der Waals surface area (Å²) in [5, 5.41) is 10.6. The van der Waals surface area contributed by atoms with E-state index < -0.39 is 0 Å². The Bertz CT molecular complexity index is 452. The molecule has 1 aromatic carbocycles. The normalized spacial score (nSPS) is 16.6. The highest BCUT2D eigenvalue weighted by Gasteiger charge is 2.30. The summed E-state index contributed by atoms with van der Waals surface area (Å²) in [4.78, 5) is 0. The third-order valence-corrected chi connectivity index (χ3v) is 2.60. The van der Waals surface area contributed by atoms with Crippen molar-refractivity contribution in [2.45, 2.75) is 18.8 Å². The molecule has 1 N–H and O–H groups in total. The Kier molecular flexibility index (Phi) is 1.23. The Labute approximate surface area is 75.8 Å². The molecule has 0 radical (unpaired) electrons. The molecule has 1 saturated carbocycles. The third kappa shape index (κ3) is 0.949. The zero-order valence-electron chi connectivity index (χ0n) is 7.16. The van der Waals surface area contributed by atoms with E-state index in [1.54, 1.807) is 0 Å². The number of furan rings is 1. The van der Waals surface area contributed by atoms with Gasteiger partial charge >= 0.3 is 0 Å². The van der Waals surface area contributed by atoms with Gasteiger partial charge in [0.05, 0.1) is 0 Å². The van der Waals surface area contributed by atoms with Crippen LogP contribution >= 0.6 is 0 Å². The Hall–Kier alpha value is -1.44. The van der Waals surface area contributed by atoms with E-state index in [-0.39, 0.29) is 5.95 Å². The van der Waals surface area contributed by atoms with Crippen LogP contribution < -0.4 is 0 Å². The van der Waals surface area contributed by atoms with Gasteiger partial charge in [-0.1, -0.05) is 18.2 Å². The van der Waals surface area contributed by atoms with Crippen molar-refractivity contribution in [1.29, 1.82) is 0 Å². The van der Waals surface area contributed by atoms with E-state index in [9.17, 15) is 5.11 Å². The van der Waals surface area contributed by atoms with E-state index in [1.165, 1.54) is 12.8 Å². The minimum Gasteiger partial charge on any atom is -0.480 e. The molecule has 1 aliphatic rings. The van der Waals surface area contributed by atoms with Crippen LogP contribution in [0.3, 0.4) is 0 Å². The number of fused-ring (bicyclic) bond motifs is 1. The second kappa shape index (κ2) is 2.28. The number of hydrogen-bond donors (Lipinski definition) is 1. The van der Waals surface area contributed by atoms with Gasteiger partial charge in [-0.15, -0.1) is 0 Å². The summed E-state index contributed by atoms with van der Waals surface area (Å²) in [6, 6.07) is 7.79. The quantitative estimate of drug-likeness (QED) is 0.720. The fraction of sp³-hybridized carbons (Fsp3) is 0.273. The first-order valence-electron chi connectivity index (χ1n) is 4.56. The van der Waals surface area contributed by atoms with E-state index in [2.05, 4.69) is 0 Å². The standard InChI is InChI=1S/C11H10O2/c12-11-10(7-5-6-7)8-3-1-2-4-9(8)13-11/h1-4,7,12H,5-6H2. The number of hydrogen-bond acceptors (Lipinski definition) is 2. The Morgan fingerprint density at radius 3 is 2.77 bits per heavy atom. The highest BCUT2D eigenvalue weighted by molar-refractivity contribution is 5.84. The Morgan fingerprint density at radius 1 is 1.23 bits per heavy atom. The summed E-state index contributed by atoms with van der Waals surface area (Å²) in [6.07, 6.45) is 2.36. The van der Waals surface area contributed by atoms with Crippen molar-refractivity contribution in [3.8, 4) is 5.95 Å². The largest absolute Gasteiger partial charge is 0.480 e. The molecule has 3 rings (SSSR count). The van der Waals surface area contributed by atoms with E-state index in [4.69, 9.17) is 4.42 Å². The third-order valence-electron chi connectivity index (χ3n) is 2.60. The maximum atomic E-state index is 9.58. The fourth-order valence-electron chi connectivity index (χ4n) is 1.82. The molecule has 0 amide bonds. The minimum atomic E-state index is 0.115. The first kappa shape index (κ1) is 7.01. The first-order valence-corrected chi connectivity index (χ1v) is 4.56. The molecule has 0 unspecified atom stereocenters. The molecule has 1 aromatic heterocycles. The van der Waals surface area contributed by atoms with Crippen LogP contribution in [-0.2, 0) is 0 Å². The molecular weight excluding hydrogens is 164 g/mol. The van der Waals surface area contributed by atoms with Gasteiger partial charge in [-0.3, -0.25) is 0 Å². The second-order valence-electron chi connectivity index (χ2n) is 3.59. The predicted octanol–water partition coefficient (Wildman–Crippen LogP) is 3.02. The van der Waals surface area contributed by atoms with Gasteiger partial charge in [0.25, 0.3) is 5.95 Å². The predicted molar refractivity (Wildman–Crippen MR) is 49.9 cm³/mol. The van der Waals surface area contributed by atoms with Crippen LogP contribution in [0.4, 0.5) is 0 Å². The molecule has 2 aromatic rings. The second-order valence-corrected chi connectivity index (χ2v) is 3.59. The molecule has 0 bridgehead atoms. The molecule has 1 aliphatic carbocycles. The van der Waals surface area contributed by atoms with Crippen LogP contribution in [0.2, 0.25) is 0 Å². The van der Waals surface area contributed by atoms with Gasteiger partial charge in [0.1, 0.15) is 5.58 Å². The highest BCUT2D eigenvalue weighted by atomic mass is 16.5. The lowest BCUT2D eigenvalue weighted by molar-refractivity contribution is 0.341. The maximum Gasteiger partial charge on any atom is 0.286 e. The van der Waals surface area contributed by atoms with Crippen LogP contribution in [0.15, 0.2) is 28.7 Å². The molecule has 2 heteroatoms. The van der Waals surface area contributed by atoms with Gasteiger partial charge in [-0.25, -0.2) is 0 Å². The fourth-order valence-corrected chi connectivity index (χ4v) is 1.82. The average Bonchev–Trinajstić information content (AvgIpc) is 2.88. The zero-order chi connectivity index (χ0) is 8.84. The number of benzene rings is 1. The number of aromatic hydroxyl groups is 1. The summed E-state index contributed by atoms with van der Waals surface area (Å²) >= 11 is 0. The molecule has 1 heterocycles. The summed E-state index contributed by atoms with van der Waals surface area (Å²) in [5.41, 5.74) is 1.80. The Balaban J connectivity index is 2.35. The van der Waals surface area contributed by atoms with Crippen molar-refractivity contribution in [1.82, 2.24) is 0 Å². The van der Waals surface area contributed by atoms with Crippen molar-refractivity contribution in [3.63, 3.8) is 0 Å². The SMILES string of the molecule is Oc1oc2ccccc2c1C1CC1. The molecule has 0 atom stereocenters. The van der Waals surface area contributed by atoms with Gasteiger partial charge < -0.3 is 9.52 Å². The molecule has 1 fully saturated rings. The van der Waals surface area contributed by atoms with Crippen molar-refractivity contribution < 1.29 is 9.52 Å². The smallest absolute Gasteiger partial charge is 0.286 e. The maximum absolute atomic E-state index is 9.58. The number of rotatable bonds is 1. The summed E-state index contributed by atoms with van der Waals surface area (Å²) in [6.45, 7) is 0. The van der Waals surface area contributed by atoms with E-state index in [0.29, 0.717) is 5.92 Å². The Morgan fingerprint density at radius 2 is 2.00 bits per heavy atom. The van der Waals surface area contributed by atoms with Crippen molar-refractivity contribution >= 4 is 11.0 Å². The summed E-state index contributed by atoms with van der Waals surface area (Å²) in [5.74, 6) is 0.646. The van der Waals surface area contributed by atoms with Gasteiger partial charge in [0, 0.05) is 10.9 Å². The first-order chi connectivity index (χ1) is 6.36.